The number of hydrogen-bond donors (Lipinski definition) is 1. The maximum Gasteiger partial charge on any atom is 0.307 e. The summed E-state index contributed by atoms with van der Waals surface area (Å²) in [7, 11) is 1.65. The fourth-order valence-corrected chi connectivity index (χ4v) is 1.81. The van der Waals surface area contributed by atoms with Crippen LogP contribution in [0.2, 0.25) is 0 Å². The zero-order valence-electron chi connectivity index (χ0n) is 13.0. The van der Waals surface area contributed by atoms with Gasteiger partial charge in [-0.15, -0.1) is 0 Å². The van der Waals surface area contributed by atoms with Crippen LogP contribution < -0.4 is 10.1 Å². The van der Waals surface area contributed by atoms with Crippen molar-refractivity contribution in [1.29, 1.82) is 0 Å². The van der Waals surface area contributed by atoms with Gasteiger partial charge in [-0.3, -0.25) is 4.79 Å². The fraction of sp³-hybridized carbons (Fsp3) is 0.562. The average Bonchev–Trinajstić information content (AvgIpc) is 2.36. The fourth-order valence-electron chi connectivity index (χ4n) is 1.81. The third-order valence-electron chi connectivity index (χ3n) is 2.79. The van der Waals surface area contributed by atoms with Crippen LogP contribution in [0.1, 0.15) is 45.7 Å². The quantitative estimate of drug-likeness (QED) is 0.813. The molecule has 0 aliphatic rings. The lowest BCUT2D eigenvalue weighted by molar-refractivity contribution is -0.154. The van der Waals surface area contributed by atoms with Crippen molar-refractivity contribution in [3.63, 3.8) is 0 Å². The minimum absolute atomic E-state index is 0.160. The molecule has 0 bridgehead atoms. The molecule has 0 aliphatic heterocycles. The molecule has 20 heavy (non-hydrogen) atoms. The van der Waals surface area contributed by atoms with Crippen LogP contribution in [0.3, 0.4) is 0 Å². The van der Waals surface area contributed by atoms with Crippen LogP contribution in [0, 0.1) is 0 Å². The van der Waals surface area contributed by atoms with Gasteiger partial charge in [-0.1, -0.05) is 12.1 Å². The molecule has 4 heteroatoms. The highest BCUT2D eigenvalue weighted by molar-refractivity contribution is 5.70. The van der Waals surface area contributed by atoms with Gasteiger partial charge < -0.3 is 14.8 Å². The van der Waals surface area contributed by atoms with E-state index in [1.165, 1.54) is 0 Å². The van der Waals surface area contributed by atoms with Crippen LogP contribution in [0.15, 0.2) is 24.3 Å². The number of carbonyl (C=O) groups is 1. The number of hydrogen-bond acceptors (Lipinski definition) is 4. The predicted molar refractivity (Wildman–Crippen MR) is 79.9 cm³/mol. The van der Waals surface area contributed by atoms with E-state index in [0.29, 0.717) is 13.0 Å². The first-order valence-electron chi connectivity index (χ1n) is 6.91. The number of esters is 1. The summed E-state index contributed by atoms with van der Waals surface area (Å²) in [6.45, 7) is 8.27. The Morgan fingerprint density at radius 1 is 1.35 bits per heavy atom. The topological polar surface area (TPSA) is 47.6 Å². The molecule has 0 unspecified atom stereocenters. The van der Waals surface area contributed by atoms with Crippen LogP contribution in [-0.4, -0.2) is 25.2 Å². The van der Waals surface area contributed by atoms with Gasteiger partial charge in [0, 0.05) is 12.6 Å². The monoisotopic (exact) mass is 279 g/mol. The molecule has 1 rings (SSSR count). The van der Waals surface area contributed by atoms with Crippen molar-refractivity contribution in [3.05, 3.63) is 29.8 Å². The first-order valence-corrected chi connectivity index (χ1v) is 6.91. The van der Waals surface area contributed by atoms with Gasteiger partial charge in [0.2, 0.25) is 0 Å². The van der Waals surface area contributed by atoms with E-state index >= 15 is 0 Å². The van der Waals surface area contributed by atoms with Crippen molar-refractivity contribution in [1.82, 2.24) is 5.32 Å². The zero-order valence-corrected chi connectivity index (χ0v) is 13.0. The smallest absolute Gasteiger partial charge is 0.307 e. The van der Waals surface area contributed by atoms with E-state index in [1.807, 2.05) is 45.0 Å². The van der Waals surface area contributed by atoms with Gasteiger partial charge in [-0.05, 0) is 45.4 Å². The van der Waals surface area contributed by atoms with Crippen LogP contribution in [-0.2, 0) is 9.53 Å². The van der Waals surface area contributed by atoms with Crippen molar-refractivity contribution < 1.29 is 14.3 Å². The Hall–Kier alpha value is -1.55. The molecule has 1 N–H and O–H groups in total. The molecule has 4 nitrogen and oxygen atoms in total. The van der Waals surface area contributed by atoms with Crippen LogP contribution in [0.5, 0.6) is 5.75 Å². The van der Waals surface area contributed by atoms with Crippen molar-refractivity contribution in [3.8, 4) is 5.75 Å². The first-order chi connectivity index (χ1) is 9.31. The third kappa shape index (κ3) is 6.06. The average molecular weight is 279 g/mol. The molecular weight excluding hydrogens is 254 g/mol. The van der Waals surface area contributed by atoms with Gasteiger partial charge in [0.1, 0.15) is 11.4 Å². The summed E-state index contributed by atoms with van der Waals surface area (Å²) < 4.78 is 10.5. The number of ether oxygens (including phenoxy) is 2. The Kier molecular flexibility index (Phi) is 6.02. The van der Waals surface area contributed by atoms with Crippen LogP contribution in [0.25, 0.3) is 0 Å². The number of methoxy groups -OCH3 is 1. The van der Waals surface area contributed by atoms with Crippen LogP contribution in [0.4, 0.5) is 0 Å². The molecule has 0 saturated heterocycles. The Labute approximate surface area is 121 Å². The van der Waals surface area contributed by atoms with E-state index < -0.39 is 5.60 Å². The molecule has 0 spiro atoms. The van der Waals surface area contributed by atoms with Crippen molar-refractivity contribution >= 4 is 5.97 Å². The van der Waals surface area contributed by atoms with E-state index in [0.717, 1.165) is 11.3 Å². The van der Waals surface area contributed by atoms with E-state index in [9.17, 15) is 4.79 Å². The number of carbonyl (C=O) groups excluding carboxylic acids is 1. The highest BCUT2D eigenvalue weighted by atomic mass is 16.6. The molecule has 0 radical (unpaired) electrons. The summed E-state index contributed by atoms with van der Waals surface area (Å²) in [5.41, 5.74) is 0.712. The summed E-state index contributed by atoms with van der Waals surface area (Å²) in [6.07, 6.45) is 0.367. The van der Waals surface area contributed by atoms with Gasteiger partial charge in [0.05, 0.1) is 13.5 Å². The third-order valence-corrected chi connectivity index (χ3v) is 2.79. The standard InChI is InChI=1S/C16H25NO3/c1-12(13-7-6-8-14(11-13)19-5)17-10-9-15(18)20-16(2,3)4/h6-8,11-12,17H,9-10H2,1-5H3/t12-/m1/s1. The second-order valence-electron chi connectivity index (χ2n) is 5.79. The lowest BCUT2D eigenvalue weighted by Crippen LogP contribution is -2.27. The largest absolute Gasteiger partial charge is 0.497 e. The molecule has 0 heterocycles. The first kappa shape index (κ1) is 16.5. The van der Waals surface area contributed by atoms with Crippen molar-refractivity contribution in [2.75, 3.05) is 13.7 Å². The molecule has 0 aromatic heterocycles. The van der Waals surface area contributed by atoms with Crippen molar-refractivity contribution in [2.24, 2.45) is 0 Å². The normalized spacial score (nSPS) is 12.8. The second-order valence-corrected chi connectivity index (χ2v) is 5.79. The molecule has 112 valence electrons. The van der Waals surface area contributed by atoms with Gasteiger partial charge >= 0.3 is 5.97 Å². The highest BCUT2D eigenvalue weighted by Crippen LogP contribution is 2.18. The Balaban J connectivity index is 2.39. The molecule has 1 atom stereocenters. The van der Waals surface area contributed by atoms with Gasteiger partial charge in [0.15, 0.2) is 0 Å². The van der Waals surface area contributed by atoms with Crippen molar-refractivity contribution in [2.45, 2.75) is 45.8 Å². The Morgan fingerprint density at radius 2 is 2.05 bits per heavy atom. The van der Waals surface area contributed by atoms with Gasteiger partial charge in [-0.2, -0.15) is 0 Å². The van der Waals surface area contributed by atoms with E-state index in [4.69, 9.17) is 9.47 Å². The zero-order chi connectivity index (χ0) is 15.2. The van der Waals surface area contributed by atoms with E-state index in [-0.39, 0.29) is 12.0 Å². The van der Waals surface area contributed by atoms with Gasteiger partial charge in [0.25, 0.3) is 0 Å². The van der Waals surface area contributed by atoms with Crippen LogP contribution >= 0.6 is 0 Å². The summed E-state index contributed by atoms with van der Waals surface area (Å²) in [6, 6.07) is 8.06. The molecule has 0 fully saturated rings. The molecule has 1 aromatic rings. The summed E-state index contributed by atoms with van der Waals surface area (Å²) in [5.74, 6) is 0.658. The summed E-state index contributed by atoms with van der Waals surface area (Å²) >= 11 is 0. The minimum atomic E-state index is -0.421. The molecule has 0 saturated carbocycles. The number of nitrogens with one attached hydrogen (secondary N) is 1. The Bertz CT molecular complexity index is 438. The lowest BCUT2D eigenvalue weighted by Gasteiger charge is -2.20. The van der Waals surface area contributed by atoms with Gasteiger partial charge in [-0.25, -0.2) is 0 Å². The van der Waals surface area contributed by atoms with E-state index in [1.54, 1.807) is 7.11 Å². The second kappa shape index (κ2) is 7.29. The predicted octanol–water partition coefficient (Wildman–Crippen LogP) is 3.08. The van der Waals surface area contributed by atoms with E-state index in [2.05, 4.69) is 12.2 Å². The highest BCUT2D eigenvalue weighted by Gasteiger charge is 2.16. The summed E-state index contributed by atoms with van der Waals surface area (Å²) in [5, 5.41) is 3.31. The Morgan fingerprint density at radius 3 is 2.65 bits per heavy atom. The molecular formula is C16H25NO3. The SMILES string of the molecule is COc1cccc([C@@H](C)NCCC(=O)OC(C)(C)C)c1. The maximum absolute atomic E-state index is 11.6. The maximum atomic E-state index is 11.6. The minimum Gasteiger partial charge on any atom is -0.497 e. The number of rotatable bonds is 6. The lowest BCUT2D eigenvalue weighted by atomic mass is 10.1. The summed E-state index contributed by atoms with van der Waals surface area (Å²) in [4.78, 5) is 11.6. The molecule has 1 aromatic carbocycles. The number of benzene rings is 1. The molecule has 0 amide bonds. The molecule has 0 aliphatic carbocycles.